The van der Waals surface area contributed by atoms with E-state index in [9.17, 15) is 4.79 Å². The Morgan fingerprint density at radius 1 is 1.30 bits per heavy atom. The van der Waals surface area contributed by atoms with E-state index in [1.165, 1.54) is 5.56 Å². The molecule has 0 unspecified atom stereocenters. The average molecular weight is 336 g/mol. The minimum Gasteiger partial charge on any atom is -0.497 e. The highest BCUT2D eigenvalue weighted by molar-refractivity contribution is 9.10. The van der Waals surface area contributed by atoms with Gasteiger partial charge in [-0.2, -0.15) is 0 Å². The molecule has 1 amide bonds. The van der Waals surface area contributed by atoms with Crippen molar-refractivity contribution in [1.29, 1.82) is 0 Å². The molecule has 0 aliphatic carbocycles. The molecule has 4 nitrogen and oxygen atoms in total. The molecule has 2 heterocycles. The van der Waals surface area contributed by atoms with Crippen molar-refractivity contribution in [3.63, 3.8) is 0 Å². The molecule has 0 spiro atoms. The van der Waals surface area contributed by atoms with Crippen LogP contribution in [0.15, 0.2) is 39.4 Å². The zero-order chi connectivity index (χ0) is 14.1. The lowest BCUT2D eigenvalue weighted by molar-refractivity contribution is 0.0701. The Morgan fingerprint density at radius 3 is 2.85 bits per heavy atom. The second kappa shape index (κ2) is 5.32. The lowest BCUT2D eigenvalue weighted by Gasteiger charge is -2.28. The SMILES string of the molecule is COc1ccc2c(c1)CCN(C(=O)c1ccc(Br)o1)C2. The molecular weight excluding hydrogens is 322 g/mol. The van der Waals surface area contributed by atoms with Gasteiger partial charge >= 0.3 is 0 Å². The number of amides is 1. The van der Waals surface area contributed by atoms with Gasteiger partial charge < -0.3 is 14.1 Å². The topological polar surface area (TPSA) is 42.7 Å². The summed E-state index contributed by atoms with van der Waals surface area (Å²) in [7, 11) is 1.66. The number of rotatable bonds is 2. The molecule has 5 heteroatoms. The van der Waals surface area contributed by atoms with E-state index in [0.29, 0.717) is 23.5 Å². The van der Waals surface area contributed by atoms with Crippen molar-refractivity contribution in [2.24, 2.45) is 0 Å². The highest BCUT2D eigenvalue weighted by Gasteiger charge is 2.24. The summed E-state index contributed by atoms with van der Waals surface area (Å²) in [5, 5.41) is 0. The molecule has 104 valence electrons. The van der Waals surface area contributed by atoms with Crippen LogP contribution in [0.2, 0.25) is 0 Å². The Kier molecular flexibility index (Phi) is 3.53. The van der Waals surface area contributed by atoms with Crippen molar-refractivity contribution in [1.82, 2.24) is 4.90 Å². The smallest absolute Gasteiger partial charge is 0.289 e. The number of halogens is 1. The molecule has 3 rings (SSSR count). The molecule has 0 radical (unpaired) electrons. The van der Waals surface area contributed by atoms with Crippen LogP contribution < -0.4 is 4.74 Å². The highest BCUT2D eigenvalue weighted by atomic mass is 79.9. The summed E-state index contributed by atoms with van der Waals surface area (Å²) in [6, 6.07) is 9.41. The van der Waals surface area contributed by atoms with Gasteiger partial charge in [0.15, 0.2) is 10.4 Å². The Labute approximate surface area is 125 Å². The quantitative estimate of drug-likeness (QED) is 0.846. The number of ether oxygens (including phenoxy) is 1. The van der Waals surface area contributed by atoms with Crippen molar-refractivity contribution in [3.8, 4) is 5.75 Å². The van der Waals surface area contributed by atoms with Crippen LogP contribution >= 0.6 is 15.9 Å². The first-order valence-electron chi connectivity index (χ1n) is 6.38. The molecule has 0 bridgehead atoms. The minimum absolute atomic E-state index is 0.0721. The van der Waals surface area contributed by atoms with Crippen molar-refractivity contribution >= 4 is 21.8 Å². The fourth-order valence-electron chi connectivity index (χ4n) is 2.41. The fraction of sp³-hybridized carbons (Fsp3) is 0.267. The van der Waals surface area contributed by atoms with Gasteiger partial charge in [-0.15, -0.1) is 0 Å². The summed E-state index contributed by atoms with van der Waals surface area (Å²) in [5.41, 5.74) is 2.41. The molecule has 0 atom stereocenters. The van der Waals surface area contributed by atoms with E-state index < -0.39 is 0 Å². The number of hydrogen-bond acceptors (Lipinski definition) is 3. The van der Waals surface area contributed by atoms with E-state index in [0.717, 1.165) is 17.7 Å². The molecule has 1 aliphatic heterocycles. The van der Waals surface area contributed by atoms with Crippen molar-refractivity contribution in [2.45, 2.75) is 13.0 Å². The van der Waals surface area contributed by atoms with Crippen LogP contribution in [0.5, 0.6) is 5.75 Å². The third kappa shape index (κ3) is 2.45. The number of methoxy groups -OCH3 is 1. The summed E-state index contributed by atoms with van der Waals surface area (Å²) in [6.07, 6.45) is 0.833. The number of carbonyl (C=O) groups excluding carboxylic acids is 1. The van der Waals surface area contributed by atoms with Gasteiger partial charge in [0.1, 0.15) is 5.75 Å². The predicted octanol–water partition coefficient (Wildman–Crippen LogP) is 3.25. The first-order valence-corrected chi connectivity index (χ1v) is 7.17. The maximum atomic E-state index is 12.3. The van der Waals surface area contributed by atoms with Crippen molar-refractivity contribution in [2.75, 3.05) is 13.7 Å². The summed E-state index contributed by atoms with van der Waals surface area (Å²) in [6.45, 7) is 1.30. The van der Waals surface area contributed by atoms with Gasteiger partial charge in [0.05, 0.1) is 7.11 Å². The molecule has 1 aromatic carbocycles. The zero-order valence-corrected chi connectivity index (χ0v) is 12.6. The number of benzene rings is 1. The maximum Gasteiger partial charge on any atom is 0.289 e. The Hall–Kier alpha value is -1.75. The lowest BCUT2D eigenvalue weighted by Crippen LogP contribution is -2.35. The normalized spacial score (nSPS) is 14.0. The van der Waals surface area contributed by atoms with Crippen LogP contribution in [0.3, 0.4) is 0 Å². The first kappa shape index (κ1) is 13.2. The number of carbonyl (C=O) groups is 1. The summed E-state index contributed by atoms with van der Waals surface area (Å²) < 4.78 is 11.1. The summed E-state index contributed by atoms with van der Waals surface area (Å²) in [5.74, 6) is 1.16. The second-order valence-corrected chi connectivity index (χ2v) is 5.50. The molecule has 20 heavy (non-hydrogen) atoms. The summed E-state index contributed by atoms with van der Waals surface area (Å²) >= 11 is 3.21. The van der Waals surface area contributed by atoms with Crippen molar-refractivity contribution < 1.29 is 13.9 Å². The van der Waals surface area contributed by atoms with Gasteiger partial charge in [0.25, 0.3) is 5.91 Å². The van der Waals surface area contributed by atoms with Gasteiger partial charge in [-0.3, -0.25) is 4.79 Å². The van der Waals surface area contributed by atoms with E-state index in [2.05, 4.69) is 15.9 Å². The van der Waals surface area contributed by atoms with Crippen LogP contribution in [-0.4, -0.2) is 24.5 Å². The number of hydrogen-bond donors (Lipinski definition) is 0. The van der Waals surface area contributed by atoms with E-state index in [4.69, 9.17) is 9.15 Å². The standard InChI is InChI=1S/C15H14BrNO3/c1-19-12-3-2-11-9-17(7-6-10(11)8-12)15(18)13-4-5-14(16)20-13/h2-5,8H,6-7,9H2,1H3. The summed E-state index contributed by atoms with van der Waals surface area (Å²) in [4.78, 5) is 14.1. The van der Waals surface area contributed by atoms with Crippen LogP contribution in [0, 0.1) is 0 Å². The fourth-order valence-corrected chi connectivity index (χ4v) is 2.72. The van der Waals surface area contributed by atoms with E-state index in [1.807, 2.05) is 18.2 Å². The minimum atomic E-state index is -0.0721. The average Bonchev–Trinajstić information content (AvgIpc) is 2.92. The molecule has 0 N–H and O–H groups in total. The van der Waals surface area contributed by atoms with Gasteiger partial charge in [0, 0.05) is 13.1 Å². The van der Waals surface area contributed by atoms with E-state index in [1.54, 1.807) is 24.1 Å². The second-order valence-electron chi connectivity index (χ2n) is 4.72. The number of nitrogens with zero attached hydrogens (tertiary/aromatic N) is 1. The Bertz CT molecular complexity index is 650. The van der Waals surface area contributed by atoms with Crippen molar-refractivity contribution in [3.05, 3.63) is 51.9 Å². The molecule has 2 aromatic rings. The van der Waals surface area contributed by atoms with Crippen LogP contribution in [0.25, 0.3) is 0 Å². The third-order valence-electron chi connectivity index (χ3n) is 3.50. The Balaban J connectivity index is 1.80. The molecule has 1 aromatic heterocycles. The molecule has 1 aliphatic rings. The van der Waals surface area contributed by atoms with E-state index in [-0.39, 0.29) is 5.91 Å². The number of fused-ring (bicyclic) bond motifs is 1. The maximum absolute atomic E-state index is 12.3. The largest absolute Gasteiger partial charge is 0.497 e. The molecule has 0 saturated carbocycles. The highest BCUT2D eigenvalue weighted by Crippen LogP contribution is 2.25. The van der Waals surface area contributed by atoms with Crippen LogP contribution in [0.1, 0.15) is 21.7 Å². The molecular formula is C15H14BrNO3. The third-order valence-corrected chi connectivity index (χ3v) is 3.92. The monoisotopic (exact) mass is 335 g/mol. The zero-order valence-electron chi connectivity index (χ0n) is 11.1. The van der Waals surface area contributed by atoms with Gasteiger partial charge in [0.2, 0.25) is 0 Å². The molecule has 0 saturated heterocycles. The van der Waals surface area contributed by atoms with Crippen LogP contribution in [-0.2, 0) is 13.0 Å². The lowest BCUT2D eigenvalue weighted by atomic mass is 9.99. The number of furan rings is 1. The molecule has 0 fully saturated rings. The van der Waals surface area contributed by atoms with Gasteiger partial charge in [-0.05, 0) is 57.7 Å². The van der Waals surface area contributed by atoms with Gasteiger partial charge in [-0.25, -0.2) is 0 Å². The first-order chi connectivity index (χ1) is 9.67. The van der Waals surface area contributed by atoms with Gasteiger partial charge in [-0.1, -0.05) is 6.07 Å². The predicted molar refractivity (Wildman–Crippen MR) is 77.8 cm³/mol. The Morgan fingerprint density at radius 2 is 2.15 bits per heavy atom. The van der Waals surface area contributed by atoms with E-state index >= 15 is 0 Å². The van der Waals surface area contributed by atoms with Crippen LogP contribution in [0.4, 0.5) is 0 Å².